The van der Waals surface area contributed by atoms with Gasteiger partial charge in [-0.15, -0.1) is 0 Å². The summed E-state index contributed by atoms with van der Waals surface area (Å²) in [6.45, 7) is 0. The Morgan fingerprint density at radius 3 is 2.44 bits per heavy atom. The van der Waals surface area contributed by atoms with Crippen molar-refractivity contribution in [3.8, 4) is 11.8 Å². The Labute approximate surface area is 105 Å². The normalized spacial score (nSPS) is 9.56. The van der Waals surface area contributed by atoms with E-state index in [1.165, 1.54) is 0 Å². The van der Waals surface area contributed by atoms with Crippen LogP contribution in [0.15, 0.2) is 48.5 Å². The van der Waals surface area contributed by atoms with Gasteiger partial charge in [-0.05, 0) is 36.4 Å². The lowest BCUT2D eigenvalue weighted by Crippen LogP contribution is -2.01. The van der Waals surface area contributed by atoms with Gasteiger partial charge in [-0.25, -0.2) is 0 Å². The average molecular weight is 237 g/mol. The molecule has 0 atom stereocenters. The molecule has 0 fully saturated rings. The number of hydrogen-bond acceptors (Lipinski definition) is 3. The maximum atomic E-state index is 12.2. The van der Waals surface area contributed by atoms with Crippen LogP contribution in [0.4, 0.5) is 0 Å². The SMILES string of the molecule is COc1cccc(C(=O)c2ccc(C#N)cc2)c1. The summed E-state index contributed by atoms with van der Waals surface area (Å²) in [5.41, 5.74) is 1.67. The van der Waals surface area contributed by atoms with Crippen molar-refractivity contribution in [2.75, 3.05) is 7.11 Å². The smallest absolute Gasteiger partial charge is 0.193 e. The van der Waals surface area contributed by atoms with E-state index < -0.39 is 0 Å². The van der Waals surface area contributed by atoms with Crippen molar-refractivity contribution < 1.29 is 9.53 Å². The molecule has 2 aromatic carbocycles. The molecule has 0 saturated carbocycles. The number of ketones is 1. The number of rotatable bonds is 3. The van der Waals surface area contributed by atoms with Crippen LogP contribution in [0.2, 0.25) is 0 Å². The van der Waals surface area contributed by atoms with E-state index in [0.29, 0.717) is 22.4 Å². The summed E-state index contributed by atoms with van der Waals surface area (Å²) in [5.74, 6) is 0.563. The molecule has 0 bridgehead atoms. The molecule has 0 amide bonds. The van der Waals surface area contributed by atoms with Crippen molar-refractivity contribution in [3.05, 3.63) is 65.2 Å². The van der Waals surface area contributed by atoms with E-state index in [9.17, 15) is 4.79 Å². The second-order valence-electron chi connectivity index (χ2n) is 3.75. The predicted molar refractivity (Wildman–Crippen MR) is 67.6 cm³/mol. The number of nitrogens with zero attached hydrogens (tertiary/aromatic N) is 1. The number of benzene rings is 2. The van der Waals surface area contributed by atoms with Gasteiger partial charge in [0.2, 0.25) is 0 Å². The molecule has 3 nitrogen and oxygen atoms in total. The third kappa shape index (κ3) is 2.38. The van der Waals surface area contributed by atoms with Crippen molar-refractivity contribution in [1.29, 1.82) is 5.26 Å². The minimum Gasteiger partial charge on any atom is -0.497 e. The molecule has 0 N–H and O–H groups in total. The van der Waals surface area contributed by atoms with E-state index >= 15 is 0 Å². The Kier molecular flexibility index (Phi) is 3.40. The average Bonchev–Trinajstić information content (AvgIpc) is 2.46. The molecule has 3 heteroatoms. The first-order chi connectivity index (χ1) is 8.74. The van der Waals surface area contributed by atoms with Gasteiger partial charge in [-0.2, -0.15) is 5.26 Å². The Morgan fingerprint density at radius 2 is 1.83 bits per heavy atom. The van der Waals surface area contributed by atoms with Gasteiger partial charge in [-0.3, -0.25) is 4.79 Å². The van der Waals surface area contributed by atoms with Crippen LogP contribution in [0.25, 0.3) is 0 Å². The minimum absolute atomic E-state index is 0.0848. The summed E-state index contributed by atoms with van der Waals surface area (Å²) in [6, 6.07) is 15.6. The Hall–Kier alpha value is -2.60. The summed E-state index contributed by atoms with van der Waals surface area (Å²) >= 11 is 0. The lowest BCUT2D eigenvalue weighted by Gasteiger charge is -2.04. The molecule has 0 aliphatic rings. The number of hydrogen-bond donors (Lipinski definition) is 0. The van der Waals surface area contributed by atoms with Gasteiger partial charge in [0.25, 0.3) is 0 Å². The topological polar surface area (TPSA) is 50.1 Å². The molecule has 18 heavy (non-hydrogen) atoms. The van der Waals surface area contributed by atoms with Crippen molar-refractivity contribution in [2.45, 2.75) is 0 Å². The van der Waals surface area contributed by atoms with Crippen molar-refractivity contribution in [3.63, 3.8) is 0 Å². The molecule has 0 aliphatic heterocycles. The first kappa shape index (κ1) is 11.9. The summed E-state index contributed by atoms with van der Waals surface area (Å²) in [6.07, 6.45) is 0. The number of carbonyl (C=O) groups excluding carboxylic acids is 1. The first-order valence-electron chi connectivity index (χ1n) is 5.43. The van der Waals surface area contributed by atoms with Gasteiger partial charge in [0, 0.05) is 11.1 Å². The fourth-order valence-corrected chi connectivity index (χ4v) is 1.63. The standard InChI is InChI=1S/C15H11NO2/c1-18-14-4-2-3-13(9-14)15(17)12-7-5-11(10-16)6-8-12/h2-9H,1H3. The van der Waals surface area contributed by atoms with Gasteiger partial charge in [0.05, 0.1) is 18.7 Å². The maximum absolute atomic E-state index is 12.2. The third-order valence-corrected chi connectivity index (χ3v) is 2.61. The highest BCUT2D eigenvalue weighted by molar-refractivity contribution is 6.09. The molecule has 88 valence electrons. The Bertz CT molecular complexity index is 609. The summed E-state index contributed by atoms with van der Waals surface area (Å²) < 4.78 is 5.08. The van der Waals surface area contributed by atoms with Crippen LogP contribution in [0, 0.1) is 11.3 Å². The number of nitriles is 1. The molecular formula is C15H11NO2. The van der Waals surface area contributed by atoms with Crippen LogP contribution >= 0.6 is 0 Å². The zero-order chi connectivity index (χ0) is 13.0. The molecular weight excluding hydrogens is 226 g/mol. The number of carbonyl (C=O) groups is 1. The molecule has 0 unspecified atom stereocenters. The second-order valence-corrected chi connectivity index (χ2v) is 3.75. The van der Waals surface area contributed by atoms with Crippen LogP contribution in [-0.2, 0) is 0 Å². The molecule has 0 aromatic heterocycles. The molecule has 0 radical (unpaired) electrons. The highest BCUT2D eigenvalue weighted by atomic mass is 16.5. The minimum atomic E-state index is -0.0848. The molecule has 2 rings (SSSR count). The zero-order valence-electron chi connectivity index (χ0n) is 9.88. The highest BCUT2D eigenvalue weighted by Gasteiger charge is 2.09. The van der Waals surface area contributed by atoms with Gasteiger partial charge in [0.1, 0.15) is 5.75 Å². The van der Waals surface area contributed by atoms with E-state index in [2.05, 4.69) is 0 Å². The van der Waals surface area contributed by atoms with E-state index in [-0.39, 0.29) is 5.78 Å². The second kappa shape index (κ2) is 5.15. The van der Waals surface area contributed by atoms with Crippen LogP contribution in [0.1, 0.15) is 21.5 Å². The molecule has 2 aromatic rings. The Morgan fingerprint density at radius 1 is 1.11 bits per heavy atom. The predicted octanol–water partition coefficient (Wildman–Crippen LogP) is 2.80. The molecule has 0 aliphatic carbocycles. The van der Waals surface area contributed by atoms with Crippen LogP contribution in [-0.4, -0.2) is 12.9 Å². The Balaban J connectivity index is 2.32. The molecule has 0 spiro atoms. The fourth-order valence-electron chi connectivity index (χ4n) is 1.63. The summed E-state index contributed by atoms with van der Waals surface area (Å²) in [4.78, 5) is 12.2. The number of methoxy groups -OCH3 is 1. The van der Waals surface area contributed by atoms with Crippen molar-refractivity contribution in [2.24, 2.45) is 0 Å². The van der Waals surface area contributed by atoms with Crippen LogP contribution in [0.5, 0.6) is 5.75 Å². The first-order valence-corrected chi connectivity index (χ1v) is 5.43. The summed E-state index contributed by atoms with van der Waals surface area (Å²) in [7, 11) is 1.56. The third-order valence-electron chi connectivity index (χ3n) is 2.61. The lowest BCUT2D eigenvalue weighted by molar-refractivity contribution is 0.103. The van der Waals surface area contributed by atoms with Gasteiger partial charge >= 0.3 is 0 Å². The quantitative estimate of drug-likeness (QED) is 0.771. The van der Waals surface area contributed by atoms with Crippen LogP contribution in [0.3, 0.4) is 0 Å². The largest absolute Gasteiger partial charge is 0.497 e. The van der Waals surface area contributed by atoms with E-state index in [4.69, 9.17) is 10.00 Å². The molecule has 0 heterocycles. The van der Waals surface area contributed by atoms with E-state index in [1.807, 2.05) is 6.07 Å². The maximum Gasteiger partial charge on any atom is 0.193 e. The monoisotopic (exact) mass is 237 g/mol. The van der Waals surface area contributed by atoms with Gasteiger partial charge in [0.15, 0.2) is 5.78 Å². The van der Waals surface area contributed by atoms with Crippen LogP contribution < -0.4 is 4.74 Å². The fraction of sp³-hybridized carbons (Fsp3) is 0.0667. The van der Waals surface area contributed by atoms with Crippen molar-refractivity contribution >= 4 is 5.78 Å². The lowest BCUT2D eigenvalue weighted by atomic mass is 10.0. The number of ether oxygens (including phenoxy) is 1. The van der Waals surface area contributed by atoms with Gasteiger partial charge < -0.3 is 4.74 Å². The highest BCUT2D eigenvalue weighted by Crippen LogP contribution is 2.16. The summed E-state index contributed by atoms with van der Waals surface area (Å²) in [5, 5.41) is 8.70. The van der Waals surface area contributed by atoms with Crippen molar-refractivity contribution in [1.82, 2.24) is 0 Å². The van der Waals surface area contributed by atoms with E-state index in [0.717, 1.165) is 0 Å². The van der Waals surface area contributed by atoms with E-state index in [1.54, 1.807) is 55.6 Å². The van der Waals surface area contributed by atoms with Gasteiger partial charge in [-0.1, -0.05) is 12.1 Å². The zero-order valence-corrected chi connectivity index (χ0v) is 9.88. The molecule has 0 saturated heterocycles.